The summed E-state index contributed by atoms with van der Waals surface area (Å²) < 4.78 is 18.7. The Balaban J connectivity index is 1.68. The van der Waals surface area contributed by atoms with Crippen LogP contribution in [0.15, 0.2) is 42.5 Å². The van der Waals surface area contributed by atoms with Crippen LogP contribution in [0.25, 0.3) is 0 Å². The maximum absolute atomic E-state index is 13.3. The van der Waals surface area contributed by atoms with Gasteiger partial charge in [-0.05, 0) is 35.9 Å². The number of morpholine rings is 1. The average Bonchev–Trinajstić information content (AvgIpc) is 2.76. The summed E-state index contributed by atoms with van der Waals surface area (Å²) in [5, 5.41) is 14.5. The van der Waals surface area contributed by atoms with Crippen molar-refractivity contribution in [2.24, 2.45) is 0 Å². The molecule has 1 aliphatic rings. The minimum absolute atomic E-state index is 0.151. The van der Waals surface area contributed by atoms with Gasteiger partial charge in [-0.1, -0.05) is 23.7 Å². The Morgan fingerprint density at radius 3 is 2.53 bits per heavy atom. The minimum Gasteiger partial charge on any atom is -0.379 e. The number of amides is 2. The molecule has 1 unspecified atom stereocenters. The minimum atomic E-state index is -0.909. The first-order valence-electron chi connectivity index (χ1n) is 9.34. The molecule has 0 bridgehead atoms. The predicted molar refractivity (Wildman–Crippen MR) is 109 cm³/mol. The average molecular weight is 431 g/mol. The molecule has 2 aromatic carbocycles. The monoisotopic (exact) mass is 430 g/mol. The van der Waals surface area contributed by atoms with E-state index in [-0.39, 0.29) is 29.7 Å². The first-order chi connectivity index (χ1) is 14.5. The highest BCUT2D eigenvalue weighted by molar-refractivity contribution is 6.40. The molecular formula is C21H20ClFN4O3. The molecule has 1 atom stereocenters. The Kier molecular flexibility index (Phi) is 7.36. The summed E-state index contributed by atoms with van der Waals surface area (Å²) in [7, 11) is 0. The molecule has 1 heterocycles. The molecule has 3 rings (SSSR count). The SMILES string of the molecule is N#Cc1ccc(Cl)cc1NC(=O)C(=O)NCC(c1ccc(F)cc1)N1CCOCC1. The smallest absolute Gasteiger partial charge is 0.313 e. The van der Waals surface area contributed by atoms with Crippen LogP contribution in [0.1, 0.15) is 17.2 Å². The number of carbonyl (C=O) groups is 2. The topological polar surface area (TPSA) is 94.5 Å². The van der Waals surface area contributed by atoms with E-state index in [2.05, 4.69) is 15.5 Å². The fourth-order valence-corrected chi connectivity index (χ4v) is 3.37. The summed E-state index contributed by atoms with van der Waals surface area (Å²) >= 11 is 5.90. The van der Waals surface area contributed by atoms with E-state index < -0.39 is 11.8 Å². The van der Waals surface area contributed by atoms with Crippen molar-refractivity contribution in [3.05, 3.63) is 64.4 Å². The van der Waals surface area contributed by atoms with E-state index in [4.69, 9.17) is 21.6 Å². The van der Waals surface area contributed by atoms with Gasteiger partial charge in [0.05, 0.1) is 30.5 Å². The maximum Gasteiger partial charge on any atom is 0.313 e. The largest absolute Gasteiger partial charge is 0.379 e. The van der Waals surface area contributed by atoms with Crippen LogP contribution in [0.4, 0.5) is 10.1 Å². The Morgan fingerprint density at radius 1 is 1.17 bits per heavy atom. The van der Waals surface area contributed by atoms with Crippen LogP contribution in [-0.4, -0.2) is 49.6 Å². The van der Waals surface area contributed by atoms with Gasteiger partial charge in [0.15, 0.2) is 0 Å². The van der Waals surface area contributed by atoms with E-state index in [1.165, 1.54) is 30.3 Å². The summed E-state index contributed by atoms with van der Waals surface area (Å²) in [4.78, 5) is 26.8. The number of nitrogens with one attached hydrogen (secondary N) is 2. The van der Waals surface area contributed by atoms with Gasteiger partial charge in [0.1, 0.15) is 11.9 Å². The third kappa shape index (κ3) is 5.54. The normalized spacial score (nSPS) is 15.1. The van der Waals surface area contributed by atoms with Gasteiger partial charge in [-0.2, -0.15) is 5.26 Å². The lowest BCUT2D eigenvalue weighted by Crippen LogP contribution is -2.45. The van der Waals surface area contributed by atoms with Crippen molar-refractivity contribution >= 4 is 29.1 Å². The van der Waals surface area contributed by atoms with Crippen molar-refractivity contribution in [2.75, 3.05) is 38.2 Å². The fourth-order valence-electron chi connectivity index (χ4n) is 3.20. The van der Waals surface area contributed by atoms with Crippen molar-refractivity contribution in [1.29, 1.82) is 5.26 Å². The molecular weight excluding hydrogens is 411 g/mol. The fraction of sp³-hybridized carbons (Fsp3) is 0.286. The summed E-state index contributed by atoms with van der Waals surface area (Å²) in [6.45, 7) is 2.56. The van der Waals surface area contributed by atoms with Crippen molar-refractivity contribution in [2.45, 2.75) is 6.04 Å². The molecule has 1 saturated heterocycles. The van der Waals surface area contributed by atoms with Crippen LogP contribution in [0.3, 0.4) is 0 Å². The van der Waals surface area contributed by atoms with Crippen LogP contribution in [-0.2, 0) is 14.3 Å². The predicted octanol–water partition coefficient (Wildman–Crippen LogP) is 2.48. The van der Waals surface area contributed by atoms with E-state index in [1.54, 1.807) is 12.1 Å². The molecule has 2 N–H and O–H groups in total. The number of nitriles is 1. The summed E-state index contributed by atoms with van der Waals surface area (Å²) in [5.41, 5.74) is 1.17. The Hall–Kier alpha value is -2.99. The summed E-state index contributed by atoms with van der Waals surface area (Å²) in [6, 6.07) is 12.1. The molecule has 2 aromatic rings. The molecule has 7 nitrogen and oxygen atoms in total. The standard InChI is InChI=1S/C21H20ClFN4O3/c22-16-4-1-15(12-24)18(11-16)26-21(29)20(28)25-13-19(27-7-9-30-10-8-27)14-2-5-17(23)6-3-14/h1-6,11,19H,7-10,13H2,(H,25,28)(H,26,29). The molecule has 0 radical (unpaired) electrons. The molecule has 156 valence electrons. The number of ether oxygens (including phenoxy) is 1. The number of carbonyl (C=O) groups excluding carboxylic acids is 2. The molecule has 30 heavy (non-hydrogen) atoms. The second-order valence-electron chi connectivity index (χ2n) is 6.68. The molecule has 2 amide bonds. The van der Waals surface area contributed by atoms with Gasteiger partial charge >= 0.3 is 11.8 Å². The molecule has 1 fully saturated rings. The lowest BCUT2D eigenvalue weighted by atomic mass is 10.0. The van der Waals surface area contributed by atoms with Crippen molar-refractivity contribution in [3.8, 4) is 6.07 Å². The van der Waals surface area contributed by atoms with Gasteiger partial charge in [-0.3, -0.25) is 14.5 Å². The molecule has 0 aromatic heterocycles. The quantitative estimate of drug-likeness (QED) is 0.711. The zero-order valence-electron chi connectivity index (χ0n) is 16.0. The van der Waals surface area contributed by atoms with E-state index in [0.29, 0.717) is 31.3 Å². The van der Waals surface area contributed by atoms with Gasteiger partial charge in [-0.25, -0.2) is 4.39 Å². The first-order valence-corrected chi connectivity index (χ1v) is 9.72. The zero-order valence-corrected chi connectivity index (χ0v) is 16.8. The third-order valence-corrected chi connectivity index (χ3v) is 4.99. The third-order valence-electron chi connectivity index (χ3n) is 4.75. The summed E-state index contributed by atoms with van der Waals surface area (Å²) in [5.74, 6) is -2.11. The molecule has 0 spiro atoms. The molecule has 0 saturated carbocycles. The van der Waals surface area contributed by atoms with Crippen molar-refractivity contribution in [3.63, 3.8) is 0 Å². The van der Waals surface area contributed by atoms with Crippen LogP contribution in [0.2, 0.25) is 5.02 Å². The van der Waals surface area contributed by atoms with E-state index in [1.807, 2.05) is 6.07 Å². The second kappa shape index (κ2) is 10.2. The highest BCUT2D eigenvalue weighted by Crippen LogP contribution is 2.22. The van der Waals surface area contributed by atoms with Crippen molar-refractivity contribution < 1.29 is 18.7 Å². The van der Waals surface area contributed by atoms with E-state index in [9.17, 15) is 14.0 Å². The van der Waals surface area contributed by atoms with Crippen LogP contribution < -0.4 is 10.6 Å². The lowest BCUT2D eigenvalue weighted by Gasteiger charge is -2.34. The highest BCUT2D eigenvalue weighted by atomic mass is 35.5. The zero-order chi connectivity index (χ0) is 21.5. The number of benzene rings is 2. The Bertz CT molecular complexity index is 956. The van der Waals surface area contributed by atoms with Gasteiger partial charge in [0.2, 0.25) is 0 Å². The second-order valence-corrected chi connectivity index (χ2v) is 7.12. The lowest BCUT2D eigenvalue weighted by molar-refractivity contribution is -0.136. The van der Waals surface area contributed by atoms with Crippen LogP contribution in [0, 0.1) is 17.1 Å². The van der Waals surface area contributed by atoms with Gasteiger partial charge in [-0.15, -0.1) is 0 Å². The number of rotatable bonds is 5. The van der Waals surface area contributed by atoms with Gasteiger partial charge < -0.3 is 15.4 Å². The first kappa shape index (κ1) is 21.7. The van der Waals surface area contributed by atoms with Crippen molar-refractivity contribution in [1.82, 2.24) is 10.2 Å². The molecule has 9 heteroatoms. The van der Waals surface area contributed by atoms with Gasteiger partial charge in [0.25, 0.3) is 0 Å². The number of nitrogens with zero attached hydrogens (tertiary/aromatic N) is 2. The number of halogens is 2. The van der Waals surface area contributed by atoms with E-state index in [0.717, 1.165) is 5.56 Å². The number of hydrogen-bond donors (Lipinski definition) is 2. The van der Waals surface area contributed by atoms with Crippen LogP contribution >= 0.6 is 11.6 Å². The maximum atomic E-state index is 13.3. The Labute approximate surface area is 178 Å². The Morgan fingerprint density at radius 2 is 1.87 bits per heavy atom. The van der Waals surface area contributed by atoms with Gasteiger partial charge in [0, 0.05) is 24.7 Å². The molecule has 1 aliphatic heterocycles. The number of anilines is 1. The molecule has 0 aliphatic carbocycles. The van der Waals surface area contributed by atoms with Crippen LogP contribution in [0.5, 0.6) is 0 Å². The highest BCUT2D eigenvalue weighted by Gasteiger charge is 2.25. The summed E-state index contributed by atoms with van der Waals surface area (Å²) in [6.07, 6.45) is 0. The van der Waals surface area contributed by atoms with E-state index >= 15 is 0 Å². The number of hydrogen-bond acceptors (Lipinski definition) is 5.